The van der Waals surface area contributed by atoms with E-state index in [2.05, 4.69) is 0 Å². The zero-order valence-electron chi connectivity index (χ0n) is 4.34. The van der Waals surface area contributed by atoms with Crippen molar-refractivity contribution in [3.05, 3.63) is 0 Å². The third-order valence-corrected chi connectivity index (χ3v) is 0. The van der Waals surface area contributed by atoms with Crippen molar-refractivity contribution >= 4 is 95.9 Å². The van der Waals surface area contributed by atoms with Gasteiger partial charge >= 0.3 is 58.2 Å². The van der Waals surface area contributed by atoms with Crippen molar-refractivity contribution in [2.75, 3.05) is 0 Å². The predicted molar refractivity (Wildman–Crippen MR) is 62.8 cm³/mol. The smallest absolute Gasteiger partial charge is 1.00 e. The van der Waals surface area contributed by atoms with Crippen LogP contribution in [0.1, 0.15) is 1.43 Å². The molecule has 6 heavy (non-hydrogen) atoms. The van der Waals surface area contributed by atoms with Gasteiger partial charge in [-0.2, -0.15) is 0 Å². The van der Waals surface area contributed by atoms with Crippen molar-refractivity contribution in [3.8, 4) is 0 Å². The molecule has 0 aliphatic rings. The van der Waals surface area contributed by atoms with Crippen molar-refractivity contribution in [3.63, 3.8) is 0 Å². The first-order valence-corrected chi connectivity index (χ1v) is 0. The average molecular weight is 799 g/mol. The zero-order chi connectivity index (χ0) is 0. The Morgan fingerprint density at radius 2 is 0.667 bits per heavy atom. The molecule has 0 amide bonds. The number of hydrogen-bond donors (Lipinski definition) is 0. The minimum atomic E-state index is 0. The Balaban J connectivity index is 0. The first-order valence-electron chi connectivity index (χ1n) is 0. The molecule has 0 radical (unpaired) electrons. The normalized spacial score (nSPS) is 0. The van der Waals surface area contributed by atoms with Gasteiger partial charge in [0.2, 0.25) is 0 Å². The van der Waals surface area contributed by atoms with E-state index in [1.807, 2.05) is 0 Å². The van der Waals surface area contributed by atoms with Crippen LogP contribution in [0.4, 0.5) is 0 Å². The molecule has 6 heteroatoms. The van der Waals surface area contributed by atoms with E-state index in [-0.39, 0.29) is 183 Å². The standard InChI is InChI=1S/Hg.4HI.Rb.H/h;4*1H;;/q;;;;;+1;-1. The van der Waals surface area contributed by atoms with Crippen LogP contribution in [0.5, 0.6) is 0 Å². The summed E-state index contributed by atoms with van der Waals surface area (Å²) in [5.41, 5.74) is 0. The first kappa shape index (κ1) is 41.4. The average Bonchev–Trinajstić information content (AvgIpc) is 0. The molecule has 0 saturated carbocycles. The summed E-state index contributed by atoms with van der Waals surface area (Å²) >= 11 is 0. The number of halogens is 4. The Morgan fingerprint density at radius 3 is 0.667 bits per heavy atom. The van der Waals surface area contributed by atoms with Crippen LogP contribution in [0.2, 0.25) is 0 Å². The Labute approximate surface area is 177 Å². The maximum absolute atomic E-state index is 0. The van der Waals surface area contributed by atoms with E-state index >= 15 is 0 Å². The predicted octanol–water partition coefficient (Wildman–Crippen LogP) is -0.414. The van der Waals surface area contributed by atoms with Gasteiger partial charge in [0, 0.05) is 27.7 Å². The molecule has 0 fully saturated rings. The van der Waals surface area contributed by atoms with Crippen LogP contribution in [0.3, 0.4) is 0 Å². The van der Waals surface area contributed by atoms with Crippen molar-refractivity contribution in [2.24, 2.45) is 0 Å². The summed E-state index contributed by atoms with van der Waals surface area (Å²) in [6, 6.07) is 0. The summed E-state index contributed by atoms with van der Waals surface area (Å²) in [5.74, 6) is 0. The fourth-order valence-corrected chi connectivity index (χ4v) is 0. The molecule has 0 heterocycles. The summed E-state index contributed by atoms with van der Waals surface area (Å²) in [6.07, 6.45) is 0. The van der Waals surface area contributed by atoms with Crippen molar-refractivity contribution in [2.45, 2.75) is 0 Å². The zero-order valence-corrected chi connectivity index (χ0v) is 23.1. The van der Waals surface area contributed by atoms with Gasteiger partial charge in [-0.05, 0) is 0 Å². The summed E-state index contributed by atoms with van der Waals surface area (Å²) in [5, 5.41) is 0. The number of rotatable bonds is 0. The van der Waals surface area contributed by atoms with Gasteiger partial charge in [0.05, 0.1) is 0 Å². The van der Waals surface area contributed by atoms with Crippen LogP contribution < -0.4 is 58.2 Å². The molecule has 0 N–H and O–H groups in total. The molecule has 0 unspecified atom stereocenters. The van der Waals surface area contributed by atoms with E-state index < -0.39 is 0 Å². The summed E-state index contributed by atoms with van der Waals surface area (Å²) < 4.78 is 0. The second kappa shape index (κ2) is 31.1. The fourth-order valence-electron chi connectivity index (χ4n) is 0. The Kier molecular flexibility index (Phi) is 214. The van der Waals surface area contributed by atoms with Crippen molar-refractivity contribution in [1.82, 2.24) is 0 Å². The molecule has 0 aromatic heterocycles. The minimum absolute atomic E-state index is 0. The second-order valence-electron chi connectivity index (χ2n) is 0. The van der Waals surface area contributed by atoms with Gasteiger partial charge in [0.25, 0.3) is 0 Å². The van der Waals surface area contributed by atoms with Gasteiger partial charge in [-0.3, -0.25) is 0 Å². The summed E-state index contributed by atoms with van der Waals surface area (Å²) in [4.78, 5) is 0. The molecule has 0 aliphatic carbocycles. The van der Waals surface area contributed by atoms with Gasteiger partial charge in [-0.25, -0.2) is 0 Å². The molecule has 0 bridgehead atoms. The maximum Gasteiger partial charge on any atom is 1.00 e. The molecular formula is H5HgI4Rb. The molecule has 0 atom stereocenters. The van der Waals surface area contributed by atoms with Crippen molar-refractivity contribution < 1.29 is 87.3 Å². The van der Waals surface area contributed by atoms with E-state index in [1.165, 1.54) is 0 Å². The van der Waals surface area contributed by atoms with Crippen LogP contribution in [0.15, 0.2) is 0 Å². The number of hydrogen-bond acceptors (Lipinski definition) is 0. The van der Waals surface area contributed by atoms with Crippen LogP contribution in [0, 0.1) is 0 Å². The maximum atomic E-state index is 0. The summed E-state index contributed by atoms with van der Waals surface area (Å²) in [6.45, 7) is 0. The Bertz CT molecular complexity index is 11.7. The van der Waals surface area contributed by atoms with Gasteiger partial charge < -0.3 is 1.43 Å². The molecule has 0 spiro atoms. The van der Waals surface area contributed by atoms with Crippen molar-refractivity contribution in [1.29, 1.82) is 0 Å². The third kappa shape index (κ3) is 22.6. The van der Waals surface area contributed by atoms with Gasteiger partial charge in [-0.1, -0.05) is 0 Å². The molecular weight excluding hydrogens is 794 g/mol. The fraction of sp³-hybridized carbons (Fsp3) is 0. The third-order valence-electron chi connectivity index (χ3n) is 0. The van der Waals surface area contributed by atoms with E-state index in [9.17, 15) is 0 Å². The first-order chi connectivity index (χ1) is 0. The van der Waals surface area contributed by atoms with E-state index in [1.54, 1.807) is 0 Å². The van der Waals surface area contributed by atoms with E-state index in [0.717, 1.165) is 0 Å². The van der Waals surface area contributed by atoms with Crippen LogP contribution >= 0.6 is 95.9 Å². The Hall–Kier alpha value is 5.66. The van der Waals surface area contributed by atoms with E-state index in [0.29, 0.717) is 0 Å². The van der Waals surface area contributed by atoms with Crippen LogP contribution in [0.25, 0.3) is 0 Å². The molecule has 0 nitrogen and oxygen atoms in total. The topological polar surface area (TPSA) is 0 Å². The van der Waals surface area contributed by atoms with E-state index in [4.69, 9.17) is 0 Å². The van der Waals surface area contributed by atoms with Crippen LogP contribution in [-0.4, -0.2) is 0 Å². The summed E-state index contributed by atoms with van der Waals surface area (Å²) in [7, 11) is 0. The minimum Gasteiger partial charge on any atom is -1.00 e. The van der Waals surface area contributed by atoms with Gasteiger partial charge in [0.15, 0.2) is 0 Å². The van der Waals surface area contributed by atoms with Gasteiger partial charge in [0.1, 0.15) is 0 Å². The van der Waals surface area contributed by atoms with Gasteiger partial charge in [-0.15, -0.1) is 95.9 Å². The molecule has 0 rings (SSSR count). The van der Waals surface area contributed by atoms with Crippen LogP contribution in [-0.2, 0) is 27.7 Å². The largest absolute Gasteiger partial charge is 1.00 e. The molecule has 36 valence electrons. The molecule has 0 aromatic rings. The Morgan fingerprint density at radius 1 is 0.667 bits per heavy atom. The SMILES string of the molecule is I.I.I.I.[H-].[Hg].[Rb+]. The second-order valence-corrected chi connectivity index (χ2v) is 0. The molecule has 0 aliphatic heterocycles. The molecule has 0 saturated heterocycles. The quantitative estimate of drug-likeness (QED) is 0.231. The molecule has 0 aromatic carbocycles. The monoisotopic (exact) mass is 800 g/mol.